The Morgan fingerprint density at radius 1 is 1.04 bits per heavy atom. The topological polar surface area (TPSA) is 20.3 Å². The maximum atomic E-state index is 13.6. The minimum atomic E-state index is -0.314. The minimum Gasteiger partial charge on any atom is -0.292 e. The maximum Gasteiger partial charge on any atom is 0.183 e. The quantitative estimate of drug-likeness (QED) is 0.590. The third-order valence-electron chi connectivity index (χ3n) is 6.07. The zero-order valence-corrected chi connectivity index (χ0v) is 14.3. The van der Waals surface area contributed by atoms with E-state index in [9.17, 15) is 4.79 Å². The molecular formula is C20H24ClNO. The number of halogens is 1. The Bertz CT molecular complexity index is 617. The standard InChI is InChI=1S/C20H24ClNO/c21-18-10-6-16(7-11-18)19(23)20(22-12-2-1-3-13-22)14-15-4-8-17(20)9-5-15/h4,6-8,10-11,15,17H,1-3,5,9,12-14H2. The number of nitrogens with zero attached hydrogens (tertiary/aromatic N) is 1. The van der Waals surface area contributed by atoms with Crippen molar-refractivity contribution in [2.75, 3.05) is 13.1 Å². The SMILES string of the molecule is O=C(c1ccc(Cl)cc1)C1(N2CCCCC2)CC2C=CC1CC2. The number of ketones is 1. The first-order valence-electron chi connectivity index (χ1n) is 8.94. The summed E-state index contributed by atoms with van der Waals surface area (Å²) in [5.74, 6) is 1.25. The number of hydrogen-bond acceptors (Lipinski definition) is 2. The average molecular weight is 330 g/mol. The molecule has 3 aliphatic carbocycles. The molecule has 1 saturated carbocycles. The van der Waals surface area contributed by atoms with Crippen LogP contribution in [-0.2, 0) is 0 Å². The maximum absolute atomic E-state index is 13.6. The minimum absolute atomic E-state index is 0.314. The third-order valence-corrected chi connectivity index (χ3v) is 6.32. The van der Waals surface area contributed by atoms with E-state index in [0.717, 1.165) is 31.5 Å². The van der Waals surface area contributed by atoms with Crippen LogP contribution in [0, 0.1) is 11.8 Å². The Labute approximate surface area is 143 Å². The second-order valence-electron chi connectivity index (χ2n) is 7.34. The van der Waals surface area contributed by atoms with Gasteiger partial charge in [-0.15, -0.1) is 0 Å². The molecule has 3 atom stereocenters. The number of piperidine rings is 1. The number of likely N-dealkylation sites (tertiary alicyclic amines) is 1. The molecule has 2 fully saturated rings. The highest BCUT2D eigenvalue weighted by atomic mass is 35.5. The molecule has 122 valence electrons. The van der Waals surface area contributed by atoms with E-state index in [1.165, 1.54) is 25.7 Å². The molecule has 1 heterocycles. The Balaban J connectivity index is 1.74. The number of Topliss-reactive ketones (excluding diaryl/α,β-unsaturated/α-hetero) is 1. The number of fused-ring (bicyclic) bond motifs is 2. The van der Waals surface area contributed by atoms with Gasteiger partial charge in [0.1, 0.15) is 0 Å². The molecule has 3 unspecified atom stereocenters. The molecule has 3 heteroatoms. The zero-order chi connectivity index (χ0) is 15.9. The van der Waals surface area contributed by atoms with Crippen LogP contribution in [0.25, 0.3) is 0 Å². The number of benzene rings is 1. The predicted octanol–water partition coefficient (Wildman–Crippen LogP) is 4.73. The van der Waals surface area contributed by atoms with E-state index in [-0.39, 0.29) is 5.54 Å². The molecule has 4 aliphatic rings. The van der Waals surface area contributed by atoms with Crippen LogP contribution in [0.3, 0.4) is 0 Å². The second kappa shape index (κ2) is 6.07. The monoisotopic (exact) mass is 329 g/mol. The Morgan fingerprint density at radius 2 is 1.78 bits per heavy atom. The molecule has 2 nitrogen and oxygen atoms in total. The van der Waals surface area contributed by atoms with E-state index in [1.807, 2.05) is 24.3 Å². The summed E-state index contributed by atoms with van der Waals surface area (Å²) in [6.45, 7) is 2.13. The van der Waals surface area contributed by atoms with Crippen LogP contribution >= 0.6 is 11.6 Å². The van der Waals surface area contributed by atoms with Gasteiger partial charge in [-0.1, -0.05) is 30.2 Å². The first kappa shape index (κ1) is 15.4. The third kappa shape index (κ3) is 2.56. The first-order chi connectivity index (χ1) is 11.2. The van der Waals surface area contributed by atoms with E-state index >= 15 is 0 Å². The molecule has 1 saturated heterocycles. The summed E-state index contributed by atoms with van der Waals surface area (Å²) in [7, 11) is 0. The summed E-state index contributed by atoms with van der Waals surface area (Å²) in [4.78, 5) is 16.1. The van der Waals surface area contributed by atoms with Crippen LogP contribution in [0.5, 0.6) is 0 Å². The summed E-state index contributed by atoms with van der Waals surface area (Å²) in [5.41, 5.74) is 0.507. The summed E-state index contributed by atoms with van der Waals surface area (Å²) in [6, 6.07) is 7.50. The van der Waals surface area contributed by atoms with Gasteiger partial charge in [-0.25, -0.2) is 0 Å². The molecule has 1 aromatic rings. The van der Waals surface area contributed by atoms with Gasteiger partial charge in [0, 0.05) is 16.5 Å². The van der Waals surface area contributed by atoms with Crippen LogP contribution in [0.1, 0.15) is 48.9 Å². The van der Waals surface area contributed by atoms with E-state index in [0.29, 0.717) is 22.6 Å². The van der Waals surface area contributed by atoms with Crippen LogP contribution in [0.2, 0.25) is 5.02 Å². The normalized spacial score (nSPS) is 33.8. The van der Waals surface area contributed by atoms with Crippen molar-refractivity contribution in [1.82, 2.24) is 4.90 Å². The van der Waals surface area contributed by atoms with E-state index in [2.05, 4.69) is 17.1 Å². The number of hydrogen-bond donors (Lipinski definition) is 0. The molecule has 1 aliphatic heterocycles. The highest BCUT2D eigenvalue weighted by Gasteiger charge is 2.53. The van der Waals surface area contributed by atoms with Crippen molar-refractivity contribution < 1.29 is 4.79 Å². The second-order valence-corrected chi connectivity index (χ2v) is 7.78. The van der Waals surface area contributed by atoms with Gasteiger partial charge in [0.15, 0.2) is 5.78 Å². The van der Waals surface area contributed by atoms with Gasteiger partial charge in [-0.3, -0.25) is 9.69 Å². The summed E-state index contributed by atoms with van der Waals surface area (Å²) < 4.78 is 0. The Morgan fingerprint density at radius 3 is 2.35 bits per heavy atom. The number of carbonyl (C=O) groups excluding carboxylic acids is 1. The van der Waals surface area contributed by atoms with Crippen molar-refractivity contribution in [3.8, 4) is 0 Å². The fraction of sp³-hybridized carbons (Fsp3) is 0.550. The summed E-state index contributed by atoms with van der Waals surface area (Å²) in [5, 5.41) is 0.693. The van der Waals surface area contributed by atoms with Crippen molar-refractivity contribution in [3.05, 3.63) is 47.0 Å². The van der Waals surface area contributed by atoms with E-state index in [1.54, 1.807) is 0 Å². The van der Waals surface area contributed by atoms with Crippen LogP contribution in [-0.4, -0.2) is 29.3 Å². The fourth-order valence-corrected chi connectivity index (χ4v) is 5.03. The van der Waals surface area contributed by atoms with Gasteiger partial charge < -0.3 is 0 Å². The lowest BCUT2D eigenvalue weighted by Crippen LogP contribution is -2.63. The number of rotatable bonds is 3. The van der Waals surface area contributed by atoms with Gasteiger partial charge in [0.2, 0.25) is 0 Å². The van der Waals surface area contributed by atoms with E-state index < -0.39 is 0 Å². The average Bonchev–Trinajstić information content (AvgIpc) is 2.63. The molecule has 5 rings (SSSR count). The largest absolute Gasteiger partial charge is 0.292 e. The molecule has 2 bridgehead atoms. The van der Waals surface area contributed by atoms with Gasteiger partial charge in [0.05, 0.1) is 5.54 Å². The lowest BCUT2D eigenvalue weighted by molar-refractivity contribution is -0.00253. The fourth-order valence-electron chi connectivity index (χ4n) is 4.91. The Hall–Kier alpha value is -1.12. The molecule has 1 aromatic carbocycles. The first-order valence-corrected chi connectivity index (χ1v) is 9.32. The number of allylic oxidation sites excluding steroid dienone is 1. The van der Waals surface area contributed by atoms with Crippen molar-refractivity contribution in [3.63, 3.8) is 0 Å². The lowest BCUT2D eigenvalue weighted by Gasteiger charge is -2.54. The lowest BCUT2D eigenvalue weighted by atomic mass is 9.60. The smallest absolute Gasteiger partial charge is 0.183 e. The Kier molecular flexibility index (Phi) is 4.07. The van der Waals surface area contributed by atoms with Crippen molar-refractivity contribution >= 4 is 17.4 Å². The van der Waals surface area contributed by atoms with Crippen LogP contribution in [0.15, 0.2) is 36.4 Å². The molecule has 0 amide bonds. The summed E-state index contributed by atoms with van der Waals surface area (Å²) >= 11 is 6.02. The highest BCUT2D eigenvalue weighted by molar-refractivity contribution is 6.30. The predicted molar refractivity (Wildman–Crippen MR) is 93.9 cm³/mol. The molecule has 0 spiro atoms. The molecule has 0 radical (unpaired) electrons. The van der Waals surface area contributed by atoms with Gasteiger partial charge in [0.25, 0.3) is 0 Å². The highest BCUT2D eigenvalue weighted by Crippen LogP contribution is 2.48. The van der Waals surface area contributed by atoms with Crippen LogP contribution < -0.4 is 0 Å². The van der Waals surface area contributed by atoms with Crippen molar-refractivity contribution in [1.29, 1.82) is 0 Å². The van der Waals surface area contributed by atoms with Gasteiger partial charge >= 0.3 is 0 Å². The summed E-state index contributed by atoms with van der Waals surface area (Å²) in [6.07, 6.45) is 11.8. The van der Waals surface area contributed by atoms with Crippen molar-refractivity contribution in [2.24, 2.45) is 11.8 Å². The van der Waals surface area contributed by atoms with Gasteiger partial charge in [-0.05, 0) is 75.4 Å². The van der Waals surface area contributed by atoms with Gasteiger partial charge in [-0.2, -0.15) is 0 Å². The molecular weight excluding hydrogens is 306 g/mol. The molecule has 0 N–H and O–H groups in total. The molecule has 0 aromatic heterocycles. The zero-order valence-electron chi connectivity index (χ0n) is 13.5. The molecule has 23 heavy (non-hydrogen) atoms. The van der Waals surface area contributed by atoms with E-state index in [4.69, 9.17) is 11.6 Å². The number of carbonyl (C=O) groups is 1. The van der Waals surface area contributed by atoms with Crippen molar-refractivity contribution in [2.45, 2.75) is 44.1 Å². The van der Waals surface area contributed by atoms with Crippen LogP contribution in [0.4, 0.5) is 0 Å².